The highest BCUT2D eigenvalue weighted by atomic mass is 16.3. The van der Waals surface area contributed by atoms with Crippen LogP contribution in [0, 0.1) is 6.92 Å². The summed E-state index contributed by atoms with van der Waals surface area (Å²) < 4.78 is 5.86. The monoisotopic (exact) mass is 260 g/mol. The van der Waals surface area contributed by atoms with E-state index in [1.807, 2.05) is 0 Å². The standard InChI is InChI=1S/C16H24N2O/c1-12-4-3-7-18(10-12)11-14-8-16(19-13(14)2)9-17-15-5-6-15/h4,8,15,17H,3,5-7,9-11H2,1-2H3. The number of aryl methyl sites for hydroxylation is 1. The van der Waals surface area contributed by atoms with Gasteiger partial charge in [-0.2, -0.15) is 0 Å². The van der Waals surface area contributed by atoms with Gasteiger partial charge in [0.25, 0.3) is 0 Å². The molecule has 0 bridgehead atoms. The van der Waals surface area contributed by atoms with Crippen LogP contribution in [0.5, 0.6) is 0 Å². The zero-order chi connectivity index (χ0) is 13.2. The predicted octanol–water partition coefficient (Wildman–Crippen LogP) is 2.99. The van der Waals surface area contributed by atoms with Crippen LogP contribution in [0.1, 0.15) is 43.3 Å². The van der Waals surface area contributed by atoms with Crippen LogP contribution in [0.3, 0.4) is 0 Å². The molecule has 3 nitrogen and oxygen atoms in total. The molecular formula is C16H24N2O. The molecule has 1 aliphatic heterocycles. The average molecular weight is 260 g/mol. The third-order valence-electron chi connectivity index (χ3n) is 4.02. The largest absolute Gasteiger partial charge is 0.465 e. The normalized spacial score (nSPS) is 20.6. The van der Waals surface area contributed by atoms with Crippen molar-refractivity contribution in [2.75, 3.05) is 13.1 Å². The summed E-state index contributed by atoms with van der Waals surface area (Å²) in [5.74, 6) is 2.17. The molecule has 0 atom stereocenters. The van der Waals surface area contributed by atoms with E-state index in [1.54, 1.807) is 0 Å². The fraction of sp³-hybridized carbons (Fsp3) is 0.625. The lowest BCUT2D eigenvalue weighted by Gasteiger charge is -2.25. The minimum atomic E-state index is 0.740. The molecule has 1 aromatic rings. The van der Waals surface area contributed by atoms with Crippen LogP contribution >= 0.6 is 0 Å². The summed E-state index contributed by atoms with van der Waals surface area (Å²) in [7, 11) is 0. The van der Waals surface area contributed by atoms with Crippen molar-refractivity contribution in [3.8, 4) is 0 Å². The van der Waals surface area contributed by atoms with Gasteiger partial charge in [-0.05, 0) is 39.2 Å². The van der Waals surface area contributed by atoms with Gasteiger partial charge in [0.1, 0.15) is 11.5 Å². The van der Waals surface area contributed by atoms with Crippen LogP contribution in [0.25, 0.3) is 0 Å². The van der Waals surface area contributed by atoms with Gasteiger partial charge in [0.15, 0.2) is 0 Å². The summed E-state index contributed by atoms with van der Waals surface area (Å²) in [6.07, 6.45) is 6.18. The number of rotatable bonds is 5. The molecule has 0 radical (unpaired) electrons. The van der Waals surface area contributed by atoms with Crippen LogP contribution in [-0.2, 0) is 13.1 Å². The van der Waals surface area contributed by atoms with Crippen LogP contribution in [0.2, 0.25) is 0 Å². The van der Waals surface area contributed by atoms with Crippen molar-refractivity contribution in [1.29, 1.82) is 0 Å². The minimum absolute atomic E-state index is 0.740. The van der Waals surface area contributed by atoms with E-state index in [9.17, 15) is 0 Å². The Morgan fingerprint density at radius 1 is 1.37 bits per heavy atom. The van der Waals surface area contributed by atoms with Crippen molar-refractivity contribution in [3.63, 3.8) is 0 Å². The van der Waals surface area contributed by atoms with Crippen molar-refractivity contribution in [3.05, 3.63) is 34.8 Å². The molecule has 104 valence electrons. The molecule has 0 aromatic carbocycles. The van der Waals surface area contributed by atoms with E-state index < -0.39 is 0 Å². The van der Waals surface area contributed by atoms with Gasteiger partial charge >= 0.3 is 0 Å². The molecule has 0 spiro atoms. The summed E-state index contributed by atoms with van der Waals surface area (Å²) in [5.41, 5.74) is 2.84. The van der Waals surface area contributed by atoms with Crippen molar-refractivity contribution in [2.24, 2.45) is 0 Å². The van der Waals surface area contributed by atoms with Crippen LogP contribution < -0.4 is 5.32 Å². The van der Waals surface area contributed by atoms with Gasteiger partial charge in [-0.3, -0.25) is 4.90 Å². The van der Waals surface area contributed by atoms with Crippen LogP contribution in [0.4, 0.5) is 0 Å². The maximum Gasteiger partial charge on any atom is 0.118 e. The molecule has 2 heterocycles. The summed E-state index contributed by atoms with van der Waals surface area (Å²) in [6, 6.07) is 2.97. The third kappa shape index (κ3) is 3.48. The molecule has 1 saturated carbocycles. The second-order valence-electron chi connectivity index (χ2n) is 6.00. The summed E-state index contributed by atoms with van der Waals surface area (Å²) in [4.78, 5) is 2.51. The molecule has 0 amide bonds. The van der Waals surface area contributed by atoms with Gasteiger partial charge in [0, 0.05) is 31.2 Å². The van der Waals surface area contributed by atoms with Crippen molar-refractivity contribution < 1.29 is 4.42 Å². The minimum Gasteiger partial charge on any atom is -0.465 e. The Kier molecular flexibility index (Phi) is 3.76. The molecule has 1 fully saturated rings. The molecule has 1 aliphatic carbocycles. The molecule has 0 saturated heterocycles. The number of hydrogen-bond donors (Lipinski definition) is 1. The van der Waals surface area contributed by atoms with Gasteiger partial charge in [-0.1, -0.05) is 11.6 Å². The van der Waals surface area contributed by atoms with Gasteiger partial charge in [-0.15, -0.1) is 0 Å². The van der Waals surface area contributed by atoms with Crippen LogP contribution in [0.15, 0.2) is 22.1 Å². The summed E-state index contributed by atoms with van der Waals surface area (Å²) >= 11 is 0. The van der Waals surface area contributed by atoms with Gasteiger partial charge in [-0.25, -0.2) is 0 Å². The van der Waals surface area contributed by atoms with Crippen molar-refractivity contribution in [2.45, 2.75) is 52.2 Å². The van der Waals surface area contributed by atoms with E-state index in [1.165, 1.54) is 30.4 Å². The first-order chi connectivity index (χ1) is 9.20. The van der Waals surface area contributed by atoms with Gasteiger partial charge in [0.05, 0.1) is 6.54 Å². The maximum absolute atomic E-state index is 5.86. The van der Waals surface area contributed by atoms with E-state index in [0.717, 1.165) is 43.7 Å². The molecule has 1 N–H and O–H groups in total. The number of nitrogens with one attached hydrogen (secondary N) is 1. The zero-order valence-electron chi connectivity index (χ0n) is 12.0. The summed E-state index contributed by atoms with van der Waals surface area (Å²) in [6.45, 7) is 8.47. The topological polar surface area (TPSA) is 28.4 Å². The highest BCUT2D eigenvalue weighted by molar-refractivity contribution is 5.21. The first-order valence-corrected chi connectivity index (χ1v) is 7.40. The lowest BCUT2D eigenvalue weighted by molar-refractivity contribution is 0.280. The van der Waals surface area contributed by atoms with Gasteiger partial charge < -0.3 is 9.73 Å². The smallest absolute Gasteiger partial charge is 0.118 e. The average Bonchev–Trinajstić information content (AvgIpc) is 3.13. The number of hydrogen-bond acceptors (Lipinski definition) is 3. The van der Waals surface area contributed by atoms with E-state index in [4.69, 9.17) is 4.42 Å². The van der Waals surface area contributed by atoms with Gasteiger partial charge in [0.2, 0.25) is 0 Å². The lowest BCUT2D eigenvalue weighted by atomic mass is 10.1. The molecule has 3 heteroatoms. The van der Waals surface area contributed by atoms with E-state index in [-0.39, 0.29) is 0 Å². The Balaban J connectivity index is 1.58. The first-order valence-electron chi connectivity index (χ1n) is 7.40. The Morgan fingerprint density at radius 3 is 2.95 bits per heavy atom. The Bertz CT molecular complexity index is 471. The summed E-state index contributed by atoms with van der Waals surface area (Å²) in [5, 5.41) is 3.51. The zero-order valence-corrected chi connectivity index (χ0v) is 12.0. The lowest BCUT2D eigenvalue weighted by Crippen LogP contribution is -2.28. The molecule has 0 unspecified atom stereocenters. The Morgan fingerprint density at radius 2 is 2.21 bits per heavy atom. The quantitative estimate of drug-likeness (QED) is 0.825. The SMILES string of the molecule is CC1=CCCN(Cc2cc(CNC3CC3)oc2C)C1. The highest BCUT2D eigenvalue weighted by Crippen LogP contribution is 2.22. The molecular weight excluding hydrogens is 236 g/mol. The molecule has 19 heavy (non-hydrogen) atoms. The maximum atomic E-state index is 5.86. The fourth-order valence-electron chi connectivity index (χ4n) is 2.73. The highest BCUT2D eigenvalue weighted by Gasteiger charge is 2.21. The number of nitrogens with zero attached hydrogens (tertiary/aromatic N) is 1. The van der Waals surface area contributed by atoms with Crippen LogP contribution in [-0.4, -0.2) is 24.0 Å². The Hall–Kier alpha value is -1.06. The number of furan rings is 1. The van der Waals surface area contributed by atoms with E-state index in [2.05, 4.69) is 36.2 Å². The molecule has 1 aromatic heterocycles. The van der Waals surface area contributed by atoms with Crippen molar-refractivity contribution >= 4 is 0 Å². The van der Waals surface area contributed by atoms with Crippen molar-refractivity contribution in [1.82, 2.24) is 10.2 Å². The first kappa shape index (κ1) is 12.9. The molecule has 3 rings (SSSR count). The second-order valence-corrected chi connectivity index (χ2v) is 6.00. The Labute approximate surface area is 115 Å². The fourth-order valence-corrected chi connectivity index (χ4v) is 2.73. The van der Waals surface area contributed by atoms with E-state index in [0.29, 0.717) is 0 Å². The second kappa shape index (κ2) is 5.51. The third-order valence-corrected chi connectivity index (χ3v) is 4.02. The van der Waals surface area contributed by atoms with E-state index >= 15 is 0 Å². The molecule has 2 aliphatic rings. The predicted molar refractivity (Wildman–Crippen MR) is 77.0 cm³/mol.